The molecule has 0 radical (unpaired) electrons. The van der Waals surface area contributed by atoms with Crippen LogP contribution in [0, 0.1) is 11.8 Å². The summed E-state index contributed by atoms with van der Waals surface area (Å²) in [6.07, 6.45) is 3.56. The zero-order valence-corrected chi connectivity index (χ0v) is 21.6. The SMILES string of the molecule is O=C1Cc2cccc(C(=O)CC3CCC(CCN4CCc5nc(OCC(F)(F)F)sc5CC4)CC3)c2N1. The van der Waals surface area contributed by atoms with E-state index in [0.717, 1.165) is 80.7 Å². The number of aromatic nitrogens is 1. The molecule has 3 heterocycles. The maximum Gasteiger partial charge on any atom is 0.422 e. The van der Waals surface area contributed by atoms with Gasteiger partial charge in [-0.2, -0.15) is 13.2 Å². The van der Waals surface area contributed by atoms with Gasteiger partial charge in [0.2, 0.25) is 5.91 Å². The van der Waals surface area contributed by atoms with Crippen LogP contribution >= 0.6 is 11.3 Å². The zero-order valence-electron chi connectivity index (χ0n) is 20.7. The minimum atomic E-state index is -4.35. The molecule has 200 valence electrons. The van der Waals surface area contributed by atoms with Crippen molar-refractivity contribution in [1.82, 2.24) is 9.88 Å². The Hall–Kier alpha value is -2.46. The smallest absolute Gasteiger partial charge is 0.422 e. The van der Waals surface area contributed by atoms with Gasteiger partial charge in [-0.3, -0.25) is 9.59 Å². The molecule has 37 heavy (non-hydrogen) atoms. The Bertz CT molecular complexity index is 1120. The Labute approximate surface area is 218 Å². The maximum absolute atomic E-state index is 13.0. The zero-order chi connectivity index (χ0) is 26.0. The number of Topliss-reactive ketones (excluding diaryl/α,β-unsaturated/α-hetero) is 1. The largest absolute Gasteiger partial charge is 0.460 e. The van der Waals surface area contributed by atoms with Crippen molar-refractivity contribution >= 4 is 28.7 Å². The van der Waals surface area contributed by atoms with Gasteiger partial charge in [0.15, 0.2) is 12.4 Å². The summed E-state index contributed by atoms with van der Waals surface area (Å²) in [6, 6.07) is 5.59. The van der Waals surface area contributed by atoms with Gasteiger partial charge in [-0.15, -0.1) is 0 Å². The van der Waals surface area contributed by atoms with E-state index >= 15 is 0 Å². The topological polar surface area (TPSA) is 71.5 Å². The minimum absolute atomic E-state index is 0.0493. The first kappa shape index (κ1) is 26.2. The fraction of sp³-hybridized carbons (Fsp3) is 0.593. The van der Waals surface area contributed by atoms with E-state index in [4.69, 9.17) is 4.74 Å². The van der Waals surface area contributed by atoms with Crippen molar-refractivity contribution in [2.24, 2.45) is 11.8 Å². The van der Waals surface area contributed by atoms with Crippen LogP contribution in [0.15, 0.2) is 18.2 Å². The first-order valence-corrected chi connectivity index (χ1v) is 13.9. The molecule has 0 saturated heterocycles. The van der Waals surface area contributed by atoms with Gasteiger partial charge in [0, 0.05) is 36.4 Å². The number of halogens is 3. The molecule has 10 heteroatoms. The van der Waals surface area contributed by atoms with Crippen LogP contribution in [0.2, 0.25) is 0 Å². The summed E-state index contributed by atoms with van der Waals surface area (Å²) in [5.74, 6) is 1.13. The molecule has 1 fully saturated rings. The van der Waals surface area contributed by atoms with E-state index < -0.39 is 12.8 Å². The van der Waals surface area contributed by atoms with Gasteiger partial charge in [0.1, 0.15) is 0 Å². The third kappa shape index (κ3) is 6.71. The van der Waals surface area contributed by atoms with Crippen LogP contribution in [0.25, 0.3) is 0 Å². The normalized spacial score (nSPS) is 22.2. The van der Waals surface area contributed by atoms with Crippen molar-refractivity contribution < 1.29 is 27.5 Å². The lowest BCUT2D eigenvalue weighted by Crippen LogP contribution is -2.30. The number of ether oxygens (including phenoxy) is 1. The Morgan fingerprint density at radius 2 is 1.89 bits per heavy atom. The first-order valence-electron chi connectivity index (χ1n) is 13.1. The molecule has 0 spiro atoms. The summed E-state index contributed by atoms with van der Waals surface area (Å²) in [5, 5.41) is 2.96. The van der Waals surface area contributed by atoms with Crippen molar-refractivity contribution in [3.63, 3.8) is 0 Å². The monoisotopic (exact) mass is 535 g/mol. The molecule has 0 atom stereocenters. The highest BCUT2D eigenvalue weighted by Gasteiger charge is 2.30. The minimum Gasteiger partial charge on any atom is -0.460 e. The highest BCUT2D eigenvalue weighted by atomic mass is 32.1. The Balaban J connectivity index is 1.03. The number of anilines is 1. The number of benzene rings is 1. The number of hydrogen-bond donors (Lipinski definition) is 1. The highest BCUT2D eigenvalue weighted by Crippen LogP contribution is 2.36. The van der Waals surface area contributed by atoms with E-state index in [1.807, 2.05) is 18.2 Å². The molecule has 0 bridgehead atoms. The second-order valence-electron chi connectivity index (χ2n) is 10.5. The standard InChI is InChI=1S/C27H32F3N3O3S/c28-27(29,30)16-36-26-31-21-9-12-33(13-10-23(21)37-26)11-8-17-4-6-18(7-5-17)14-22(34)20-3-1-2-19-15-24(35)32-25(19)20/h1-3,17-18H,4-16H2,(H,32,35). The van der Waals surface area contributed by atoms with E-state index in [9.17, 15) is 22.8 Å². The van der Waals surface area contributed by atoms with E-state index in [2.05, 4.69) is 15.2 Å². The van der Waals surface area contributed by atoms with Crippen molar-refractivity contribution in [3.8, 4) is 5.19 Å². The first-order chi connectivity index (χ1) is 17.7. The average Bonchev–Trinajstić information content (AvgIpc) is 3.39. The third-order valence-corrected chi connectivity index (χ3v) is 8.87. The summed E-state index contributed by atoms with van der Waals surface area (Å²) < 4.78 is 42.0. The average molecular weight is 536 g/mol. The quantitative estimate of drug-likeness (QED) is 0.456. The maximum atomic E-state index is 13.0. The van der Waals surface area contributed by atoms with Crippen LogP contribution < -0.4 is 10.1 Å². The van der Waals surface area contributed by atoms with Gasteiger partial charge in [-0.1, -0.05) is 36.3 Å². The van der Waals surface area contributed by atoms with Crippen molar-refractivity contribution in [1.29, 1.82) is 0 Å². The number of amides is 1. The Kier molecular flexibility index (Phi) is 7.85. The highest BCUT2D eigenvalue weighted by molar-refractivity contribution is 7.13. The summed E-state index contributed by atoms with van der Waals surface area (Å²) in [6.45, 7) is 1.46. The van der Waals surface area contributed by atoms with Gasteiger partial charge < -0.3 is 15.0 Å². The third-order valence-electron chi connectivity index (χ3n) is 7.80. The number of carbonyl (C=O) groups is 2. The molecule has 1 amide bonds. The lowest BCUT2D eigenvalue weighted by atomic mass is 9.78. The number of alkyl halides is 3. The van der Waals surface area contributed by atoms with Crippen molar-refractivity contribution in [2.75, 3.05) is 31.6 Å². The molecule has 3 aliphatic rings. The van der Waals surface area contributed by atoms with Crippen LogP contribution in [-0.2, 0) is 24.1 Å². The van der Waals surface area contributed by atoms with Crippen molar-refractivity contribution in [3.05, 3.63) is 39.9 Å². The van der Waals surface area contributed by atoms with Gasteiger partial charge >= 0.3 is 6.18 Å². The molecule has 5 rings (SSSR count). The lowest BCUT2D eigenvalue weighted by Gasteiger charge is -2.30. The fourth-order valence-electron chi connectivity index (χ4n) is 5.76. The number of fused-ring (bicyclic) bond motifs is 2. The van der Waals surface area contributed by atoms with Gasteiger partial charge in [-0.25, -0.2) is 4.98 Å². The number of ketones is 1. The van der Waals surface area contributed by atoms with Crippen LogP contribution in [0.4, 0.5) is 18.9 Å². The molecule has 2 aromatic rings. The van der Waals surface area contributed by atoms with E-state index in [-0.39, 0.29) is 16.9 Å². The lowest BCUT2D eigenvalue weighted by molar-refractivity contribution is -0.153. The Morgan fingerprint density at radius 1 is 1.14 bits per heavy atom. The number of hydrogen-bond acceptors (Lipinski definition) is 6. The molecule has 1 aromatic heterocycles. The number of nitrogens with zero attached hydrogens (tertiary/aromatic N) is 2. The van der Waals surface area contributed by atoms with Gasteiger partial charge in [0.25, 0.3) is 5.19 Å². The van der Waals surface area contributed by atoms with Crippen LogP contribution in [0.3, 0.4) is 0 Å². The molecule has 1 aromatic carbocycles. The van der Waals surface area contributed by atoms with Crippen molar-refractivity contribution in [2.45, 2.75) is 64.0 Å². The molecule has 1 N–H and O–H groups in total. The predicted molar refractivity (Wildman–Crippen MR) is 135 cm³/mol. The molecule has 1 saturated carbocycles. The second-order valence-corrected chi connectivity index (χ2v) is 11.5. The predicted octanol–water partition coefficient (Wildman–Crippen LogP) is 5.45. The summed E-state index contributed by atoms with van der Waals surface area (Å²) in [4.78, 5) is 32.5. The van der Waals surface area contributed by atoms with E-state index in [1.165, 1.54) is 11.3 Å². The van der Waals surface area contributed by atoms with Gasteiger partial charge in [0.05, 0.1) is 17.8 Å². The summed E-state index contributed by atoms with van der Waals surface area (Å²) in [7, 11) is 0. The number of rotatable bonds is 8. The number of carbonyl (C=O) groups excluding carboxylic acids is 2. The van der Waals surface area contributed by atoms with Crippen LogP contribution in [0.5, 0.6) is 5.19 Å². The fourth-order valence-corrected chi connectivity index (χ4v) is 6.70. The molecular weight excluding hydrogens is 503 g/mol. The van der Waals surface area contributed by atoms with Crippen LogP contribution in [0.1, 0.15) is 65.0 Å². The molecule has 1 aliphatic carbocycles. The Morgan fingerprint density at radius 3 is 2.68 bits per heavy atom. The number of nitrogens with one attached hydrogen (secondary N) is 1. The summed E-state index contributed by atoms with van der Waals surface area (Å²) >= 11 is 1.24. The number of para-hydroxylation sites is 1. The summed E-state index contributed by atoms with van der Waals surface area (Å²) in [5.41, 5.74) is 3.14. The molecule has 2 aliphatic heterocycles. The molecular formula is C27H32F3N3O3S. The van der Waals surface area contributed by atoms with Crippen LogP contribution in [-0.4, -0.2) is 54.0 Å². The van der Waals surface area contributed by atoms with E-state index in [1.54, 1.807) is 0 Å². The van der Waals surface area contributed by atoms with Gasteiger partial charge in [-0.05, 0) is 55.7 Å². The van der Waals surface area contributed by atoms with E-state index in [0.29, 0.717) is 35.9 Å². The molecule has 6 nitrogen and oxygen atoms in total. The second kappa shape index (κ2) is 11.1. The number of thiazole rings is 1. The molecule has 0 unspecified atom stereocenters.